The van der Waals surface area contributed by atoms with Crippen molar-refractivity contribution < 1.29 is 27.7 Å². The largest absolute Gasteiger partial charge is 0.481 e. The maximum atomic E-state index is 13.3. The van der Waals surface area contributed by atoms with E-state index in [1.165, 1.54) is 4.90 Å². The number of fused-ring (bicyclic) bond motifs is 1. The van der Waals surface area contributed by atoms with E-state index >= 15 is 0 Å². The first-order valence-corrected chi connectivity index (χ1v) is 13.4. The number of aliphatic carboxylic acids is 1. The molecule has 0 spiro atoms. The Kier molecular flexibility index (Phi) is 9.32. The third-order valence-corrected chi connectivity index (χ3v) is 5.41. The van der Waals surface area contributed by atoms with Gasteiger partial charge in [0.1, 0.15) is 11.6 Å². The molecule has 2 aromatic heterocycles. The number of hydrogen-bond donors (Lipinski definition) is 3. The predicted octanol–water partition coefficient (Wildman–Crippen LogP) is 3.08. The Morgan fingerprint density at radius 2 is 1.82 bits per heavy atom. The second-order valence-corrected chi connectivity index (χ2v) is 9.82. The van der Waals surface area contributed by atoms with Crippen LogP contribution < -0.4 is 10.2 Å². The molecule has 4 rings (SSSR count). The predicted molar refractivity (Wildman–Crippen MR) is 145 cm³/mol. The van der Waals surface area contributed by atoms with Crippen molar-refractivity contribution in [1.82, 2.24) is 14.5 Å². The molecule has 1 amide bonds. The lowest BCUT2D eigenvalue weighted by Crippen LogP contribution is -2.33. The van der Waals surface area contributed by atoms with Crippen LogP contribution in [0.4, 0.5) is 11.5 Å². The van der Waals surface area contributed by atoms with Crippen molar-refractivity contribution in [2.75, 3.05) is 23.0 Å². The molecule has 3 N–H and O–H groups in total. The molecule has 0 saturated carbocycles. The third-order valence-electron chi connectivity index (χ3n) is 5.41. The van der Waals surface area contributed by atoms with E-state index in [0.29, 0.717) is 35.3 Å². The van der Waals surface area contributed by atoms with E-state index in [4.69, 9.17) is 14.9 Å². The second-order valence-electron chi connectivity index (χ2n) is 8.35. The highest BCUT2D eigenvalue weighted by Crippen LogP contribution is 2.21. The Labute approximate surface area is 224 Å². The van der Waals surface area contributed by atoms with Crippen LogP contribution in [0, 0.1) is 11.3 Å². The Hall–Kier alpha value is -4.80. The summed E-state index contributed by atoms with van der Waals surface area (Å²) in [6.07, 6.45) is 2.08. The number of amides is 1. The van der Waals surface area contributed by atoms with Crippen LogP contribution in [0.15, 0.2) is 66.9 Å². The number of nitrogens with one attached hydrogen (secondary N) is 1. The van der Waals surface area contributed by atoms with Gasteiger partial charge in [-0.15, -0.1) is 0 Å². The Balaban J connectivity index is 0.000000771. The highest BCUT2D eigenvalue weighted by molar-refractivity contribution is 7.85. The van der Waals surface area contributed by atoms with E-state index in [0.717, 1.165) is 17.0 Å². The van der Waals surface area contributed by atoms with Crippen LogP contribution in [0.1, 0.15) is 28.2 Å². The molecule has 0 radical (unpaired) electrons. The first kappa shape index (κ1) is 28.8. The van der Waals surface area contributed by atoms with Gasteiger partial charge in [-0.05, 0) is 54.6 Å². The van der Waals surface area contributed by atoms with Crippen LogP contribution in [0.2, 0.25) is 0 Å². The van der Waals surface area contributed by atoms with Gasteiger partial charge in [-0.1, -0.05) is 6.07 Å². The van der Waals surface area contributed by atoms with Gasteiger partial charge >= 0.3 is 5.97 Å². The third kappa shape index (κ3) is 8.35. The van der Waals surface area contributed by atoms with Crippen molar-refractivity contribution in [1.29, 1.82) is 5.26 Å². The molecule has 4 aromatic rings. The highest BCUT2D eigenvalue weighted by atomic mass is 32.2. The smallest absolute Gasteiger partial charge is 0.305 e. The molecule has 0 atom stereocenters. The lowest BCUT2D eigenvalue weighted by Gasteiger charge is -2.21. The topological polar surface area (TPSA) is 179 Å². The highest BCUT2D eigenvalue weighted by Gasteiger charge is 2.21. The van der Waals surface area contributed by atoms with Crippen molar-refractivity contribution in [3.63, 3.8) is 0 Å². The number of rotatable bonds is 8. The fraction of sp³-hybridized carbons (Fsp3) is 0.192. The van der Waals surface area contributed by atoms with Crippen LogP contribution in [-0.4, -0.2) is 57.3 Å². The van der Waals surface area contributed by atoms with Crippen molar-refractivity contribution in [2.45, 2.75) is 13.0 Å². The molecule has 12 nitrogen and oxygen atoms in total. The number of anilines is 2. The number of carbonyl (C=O) groups is 2. The van der Waals surface area contributed by atoms with Gasteiger partial charge in [0.25, 0.3) is 16.0 Å². The maximum absolute atomic E-state index is 13.3. The summed E-state index contributed by atoms with van der Waals surface area (Å²) in [5.74, 6) is -0.170. The fourth-order valence-electron chi connectivity index (χ4n) is 3.58. The second kappa shape index (κ2) is 12.6. The number of carboxylic acid groups (broad SMARTS) is 1. The first-order valence-electron chi connectivity index (χ1n) is 11.5. The molecular formula is C26H26N6O6S. The SMILES string of the molecule is CS(=O)(=O)O.Cn1c(CNc2ccc(C#N)cc2)nc2cc(C(=O)N(CCC(=O)O)c3ccccn3)ccc21. The number of aromatic nitrogens is 3. The minimum atomic E-state index is -3.67. The van der Waals surface area contributed by atoms with Crippen molar-refractivity contribution >= 4 is 44.5 Å². The first-order chi connectivity index (χ1) is 18.5. The van der Waals surface area contributed by atoms with Crippen molar-refractivity contribution in [3.8, 4) is 6.07 Å². The van der Waals surface area contributed by atoms with Crippen LogP contribution in [0.3, 0.4) is 0 Å². The molecule has 0 unspecified atom stereocenters. The number of imidazole rings is 1. The summed E-state index contributed by atoms with van der Waals surface area (Å²) in [6, 6.07) is 19.6. The van der Waals surface area contributed by atoms with Crippen molar-refractivity contribution in [2.24, 2.45) is 7.05 Å². The Morgan fingerprint density at radius 1 is 1.13 bits per heavy atom. The molecule has 0 aliphatic heterocycles. The molecule has 0 bridgehead atoms. The molecule has 0 aliphatic rings. The molecule has 202 valence electrons. The molecule has 0 aliphatic carbocycles. The van der Waals surface area contributed by atoms with Crippen molar-refractivity contribution in [3.05, 3.63) is 83.8 Å². The van der Waals surface area contributed by atoms with Gasteiger partial charge in [0.05, 0.1) is 41.9 Å². The Bertz CT molecular complexity index is 1600. The standard InChI is InChI=1S/C25H22N6O3.CH4O3S/c1-30-21-10-7-18(25(34)31(13-11-24(32)33)22-4-2-3-12-27-22)14-20(21)29-23(30)16-28-19-8-5-17(15-26)6-9-19;1-5(2,3)4/h2-10,12,14,28H,11,13,16H2,1H3,(H,32,33);1H3,(H,2,3,4). The minimum Gasteiger partial charge on any atom is -0.481 e. The van der Waals surface area contributed by atoms with Crippen LogP contribution in [0.5, 0.6) is 0 Å². The summed E-state index contributed by atoms with van der Waals surface area (Å²) in [4.78, 5) is 34.7. The molecule has 2 aromatic carbocycles. The molecular weight excluding hydrogens is 524 g/mol. The van der Waals surface area contributed by atoms with Gasteiger partial charge in [-0.25, -0.2) is 9.97 Å². The fourth-order valence-corrected chi connectivity index (χ4v) is 3.58. The Morgan fingerprint density at radius 3 is 2.41 bits per heavy atom. The van der Waals surface area contributed by atoms with Gasteiger partial charge in [0.2, 0.25) is 0 Å². The summed E-state index contributed by atoms with van der Waals surface area (Å²) < 4.78 is 27.8. The van der Waals surface area contributed by atoms with E-state index in [2.05, 4.69) is 21.4 Å². The van der Waals surface area contributed by atoms with Crippen LogP contribution in [-0.2, 0) is 28.5 Å². The zero-order chi connectivity index (χ0) is 28.6. The number of carboxylic acids is 1. The molecule has 2 heterocycles. The monoisotopic (exact) mass is 550 g/mol. The van der Waals surface area contributed by atoms with E-state index in [1.54, 1.807) is 48.7 Å². The summed E-state index contributed by atoms with van der Waals surface area (Å²) in [5, 5.41) is 21.3. The van der Waals surface area contributed by atoms with Crippen LogP contribution in [0.25, 0.3) is 11.0 Å². The number of carbonyl (C=O) groups excluding carboxylic acids is 1. The quantitative estimate of drug-likeness (QED) is 0.276. The lowest BCUT2D eigenvalue weighted by atomic mass is 10.1. The average Bonchev–Trinajstić information content (AvgIpc) is 3.21. The van der Waals surface area contributed by atoms with E-state index in [9.17, 15) is 18.0 Å². The number of nitrogens with zero attached hydrogens (tertiary/aromatic N) is 5. The van der Waals surface area contributed by atoms with E-state index < -0.39 is 16.1 Å². The normalized spacial score (nSPS) is 10.7. The van der Waals surface area contributed by atoms with Gasteiger partial charge in [0.15, 0.2) is 0 Å². The summed E-state index contributed by atoms with van der Waals surface area (Å²) in [5.41, 5.74) is 3.38. The number of aryl methyl sites for hydroxylation is 1. The molecule has 13 heteroatoms. The lowest BCUT2D eigenvalue weighted by molar-refractivity contribution is -0.136. The maximum Gasteiger partial charge on any atom is 0.305 e. The average molecular weight is 551 g/mol. The summed E-state index contributed by atoms with van der Waals surface area (Å²) in [7, 11) is -1.76. The number of benzene rings is 2. The van der Waals surface area contributed by atoms with E-state index in [-0.39, 0.29) is 18.9 Å². The van der Waals surface area contributed by atoms with Crippen LogP contribution >= 0.6 is 0 Å². The molecule has 0 fully saturated rings. The number of pyridine rings is 1. The molecule has 39 heavy (non-hydrogen) atoms. The van der Waals surface area contributed by atoms with Gasteiger partial charge in [-0.2, -0.15) is 13.7 Å². The number of hydrogen-bond acceptors (Lipinski definition) is 8. The van der Waals surface area contributed by atoms with Gasteiger partial charge in [0, 0.05) is 31.0 Å². The zero-order valence-electron chi connectivity index (χ0n) is 21.1. The van der Waals surface area contributed by atoms with Gasteiger partial charge in [-0.3, -0.25) is 19.0 Å². The minimum absolute atomic E-state index is 0.00516. The van der Waals surface area contributed by atoms with E-state index in [1.807, 2.05) is 29.8 Å². The zero-order valence-corrected chi connectivity index (χ0v) is 22.0. The number of nitriles is 1. The summed E-state index contributed by atoms with van der Waals surface area (Å²) >= 11 is 0. The van der Waals surface area contributed by atoms with Gasteiger partial charge < -0.3 is 15.0 Å². The molecule has 0 saturated heterocycles. The summed E-state index contributed by atoms with van der Waals surface area (Å²) in [6.45, 7) is 0.463.